The molecule has 2 rings (SSSR count). The fourth-order valence-electron chi connectivity index (χ4n) is 2.69. The second kappa shape index (κ2) is 4.75. The zero-order valence-electron chi connectivity index (χ0n) is 10.5. The largest absolute Gasteiger partial charge is 0.388 e. The van der Waals surface area contributed by atoms with E-state index >= 15 is 0 Å². The van der Waals surface area contributed by atoms with E-state index in [1.54, 1.807) is 0 Å². The highest BCUT2D eigenvalue weighted by Gasteiger charge is 2.30. The van der Waals surface area contributed by atoms with E-state index < -0.39 is 6.10 Å². The molecule has 1 aromatic rings. The highest BCUT2D eigenvalue weighted by atomic mass is 19.1. The van der Waals surface area contributed by atoms with E-state index in [4.69, 9.17) is 4.74 Å². The van der Waals surface area contributed by atoms with Crippen LogP contribution in [0.5, 0.6) is 0 Å². The summed E-state index contributed by atoms with van der Waals surface area (Å²) in [6.45, 7) is 6.28. The summed E-state index contributed by atoms with van der Waals surface area (Å²) in [4.78, 5) is 0. The molecular weight excluding hydrogens is 219 g/mol. The topological polar surface area (TPSA) is 29.5 Å². The molecule has 0 radical (unpaired) electrons. The Morgan fingerprint density at radius 2 is 1.94 bits per heavy atom. The van der Waals surface area contributed by atoms with Crippen LogP contribution >= 0.6 is 0 Å². The van der Waals surface area contributed by atoms with Crippen LogP contribution in [-0.2, 0) is 4.74 Å². The SMILES string of the molecule is Cc1cc(F)cc(C)c1C(O)C1COC(C)C1. The van der Waals surface area contributed by atoms with Crippen molar-refractivity contribution < 1.29 is 14.2 Å². The maximum atomic E-state index is 13.2. The third kappa shape index (κ3) is 2.50. The average Bonchev–Trinajstić information content (AvgIpc) is 2.63. The molecule has 1 aliphatic rings. The Labute approximate surface area is 101 Å². The first-order chi connectivity index (χ1) is 7.99. The fourth-order valence-corrected chi connectivity index (χ4v) is 2.69. The van der Waals surface area contributed by atoms with Gasteiger partial charge in [0.05, 0.1) is 18.8 Å². The molecule has 2 nitrogen and oxygen atoms in total. The predicted molar refractivity (Wildman–Crippen MR) is 64.4 cm³/mol. The molecule has 0 spiro atoms. The number of aryl methyl sites for hydroxylation is 2. The average molecular weight is 238 g/mol. The first-order valence-corrected chi connectivity index (χ1v) is 6.05. The summed E-state index contributed by atoms with van der Waals surface area (Å²) in [6, 6.07) is 2.95. The molecule has 0 aliphatic carbocycles. The van der Waals surface area contributed by atoms with Crippen LogP contribution in [0.1, 0.15) is 36.1 Å². The van der Waals surface area contributed by atoms with Gasteiger partial charge >= 0.3 is 0 Å². The van der Waals surface area contributed by atoms with Crippen molar-refractivity contribution in [3.8, 4) is 0 Å². The minimum absolute atomic E-state index is 0.118. The lowest BCUT2D eigenvalue weighted by Crippen LogP contribution is -2.15. The minimum atomic E-state index is -0.555. The van der Waals surface area contributed by atoms with Crippen molar-refractivity contribution in [2.75, 3.05) is 6.61 Å². The smallest absolute Gasteiger partial charge is 0.123 e. The first-order valence-electron chi connectivity index (χ1n) is 6.05. The molecule has 1 aliphatic heterocycles. The normalized spacial score (nSPS) is 26.2. The fraction of sp³-hybridized carbons (Fsp3) is 0.571. The van der Waals surface area contributed by atoms with Crippen LogP contribution in [0.25, 0.3) is 0 Å². The van der Waals surface area contributed by atoms with E-state index in [9.17, 15) is 9.50 Å². The van der Waals surface area contributed by atoms with Crippen molar-refractivity contribution in [1.29, 1.82) is 0 Å². The lowest BCUT2D eigenvalue weighted by atomic mass is 9.88. The van der Waals surface area contributed by atoms with Crippen LogP contribution in [0.4, 0.5) is 4.39 Å². The van der Waals surface area contributed by atoms with Crippen LogP contribution in [0, 0.1) is 25.6 Å². The van der Waals surface area contributed by atoms with E-state index in [0.29, 0.717) is 6.61 Å². The lowest BCUT2D eigenvalue weighted by Gasteiger charge is -2.21. The summed E-state index contributed by atoms with van der Waals surface area (Å²) < 4.78 is 18.7. The van der Waals surface area contributed by atoms with E-state index in [0.717, 1.165) is 23.1 Å². The standard InChI is InChI=1S/C14H19FO2/c1-8-4-12(15)5-9(2)13(8)14(16)11-6-10(3)17-7-11/h4-5,10-11,14,16H,6-7H2,1-3H3. The summed E-state index contributed by atoms with van der Waals surface area (Å²) in [7, 11) is 0. The third-order valence-corrected chi connectivity index (χ3v) is 3.53. The Kier molecular flexibility index (Phi) is 3.50. The number of aliphatic hydroxyl groups is 1. The molecule has 94 valence electrons. The molecule has 3 heteroatoms. The van der Waals surface area contributed by atoms with Gasteiger partial charge in [-0.15, -0.1) is 0 Å². The molecule has 0 aromatic heterocycles. The molecule has 1 fully saturated rings. The van der Waals surface area contributed by atoms with Gasteiger partial charge in [0.15, 0.2) is 0 Å². The molecule has 1 aromatic carbocycles. The van der Waals surface area contributed by atoms with Gasteiger partial charge in [-0.3, -0.25) is 0 Å². The Balaban J connectivity index is 2.27. The number of hydrogen-bond donors (Lipinski definition) is 1. The van der Waals surface area contributed by atoms with Crippen LogP contribution in [0.2, 0.25) is 0 Å². The van der Waals surface area contributed by atoms with E-state index in [2.05, 4.69) is 0 Å². The quantitative estimate of drug-likeness (QED) is 0.858. The summed E-state index contributed by atoms with van der Waals surface area (Å²) >= 11 is 0. The molecule has 1 saturated heterocycles. The number of rotatable bonds is 2. The Morgan fingerprint density at radius 3 is 2.41 bits per heavy atom. The van der Waals surface area contributed by atoms with Gasteiger partial charge < -0.3 is 9.84 Å². The highest BCUT2D eigenvalue weighted by Crippen LogP contribution is 2.34. The van der Waals surface area contributed by atoms with E-state index in [1.165, 1.54) is 12.1 Å². The molecular formula is C14H19FO2. The molecule has 3 unspecified atom stereocenters. The van der Waals surface area contributed by atoms with Gasteiger partial charge in [0, 0.05) is 5.92 Å². The Bertz CT molecular complexity index is 394. The number of aliphatic hydroxyl groups excluding tert-OH is 1. The van der Waals surface area contributed by atoms with Crippen LogP contribution in [0.15, 0.2) is 12.1 Å². The molecule has 1 N–H and O–H groups in total. The van der Waals surface area contributed by atoms with Gasteiger partial charge in [0.25, 0.3) is 0 Å². The van der Waals surface area contributed by atoms with Crippen LogP contribution < -0.4 is 0 Å². The second-order valence-corrected chi connectivity index (χ2v) is 5.04. The Hall–Kier alpha value is -0.930. The molecule has 0 bridgehead atoms. The van der Waals surface area contributed by atoms with Crippen molar-refractivity contribution in [3.63, 3.8) is 0 Å². The predicted octanol–water partition coefficient (Wildman–Crippen LogP) is 2.90. The van der Waals surface area contributed by atoms with Crippen molar-refractivity contribution in [3.05, 3.63) is 34.6 Å². The lowest BCUT2D eigenvalue weighted by molar-refractivity contribution is 0.0797. The van der Waals surface area contributed by atoms with Crippen LogP contribution in [-0.4, -0.2) is 17.8 Å². The van der Waals surface area contributed by atoms with Gasteiger partial charge in [-0.1, -0.05) is 0 Å². The third-order valence-electron chi connectivity index (χ3n) is 3.53. The second-order valence-electron chi connectivity index (χ2n) is 5.04. The highest BCUT2D eigenvalue weighted by molar-refractivity contribution is 5.36. The van der Waals surface area contributed by atoms with E-state index in [-0.39, 0.29) is 17.8 Å². The zero-order valence-corrected chi connectivity index (χ0v) is 10.5. The molecule has 3 atom stereocenters. The summed E-state index contributed by atoms with van der Waals surface area (Å²) in [5, 5.41) is 10.4. The van der Waals surface area contributed by atoms with Crippen molar-refractivity contribution in [2.24, 2.45) is 5.92 Å². The number of hydrogen-bond acceptors (Lipinski definition) is 2. The van der Waals surface area contributed by atoms with Gasteiger partial charge in [0.2, 0.25) is 0 Å². The number of halogens is 1. The molecule has 1 heterocycles. The summed E-state index contributed by atoms with van der Waals surface area (Å²) in [5.74, 6) is -0.125. The van der Waals surface area contributed by atoms with Crippen LogP contribution in [0.3, 0.4) is 0 Å². The maximum Gasteiger partial charge on any atom is 0.123 e. The van der Waals surface area contributed by atoms with Crippen molar-refractivity contribution >= 4 is 0 Å². The zero-order chi connectivity index (χ0) is 12.6. The number of benzene rings is 1. The summed E-state index contributed by atoms with van der Waals surface area (Å²) in [5.41, 5.74) is 2.48. The monoisotopic (exact) mass is 238 g/mol. The van der Waals surface area contributed by atoms with Gasteiger partial charge in [0.1, 0.15) is 5.82 Å². The number of ether oxygens (including phenoxy) is 1. The maximum absolute atomic E-state index is 13.2. The molecule has 0 amide bonds. The van der Waals surface area contributed by atoms with Crippen molar-refractivity contribution in [1.82, 2.24) is 0 Å². The molecule has 17 heavy (non-hydrogen) atoms. The van der Waals surface area contributed by atoms with Crippen molar-refractivity contribution in [2.45, 2.75) is 39.4 Å². The Morgan fingerprint density at radius 1 is 1.35 bits per heavy atom. The summed E-state index contributed by atoms with van der Waals surface area (Å²) in [6.07, 6.45) is 0.508. The van der Waals surface area contributed by atoms with Gasteiger partial charge in [-0.05, 0) is 56.0 Å². The first kappa shape index (κ1) is 12.5. The van der Waals surface area contributed by atoms with E-state index in [1.807, 2.05) is 20.8 Å². The van der Waals surface area contributed by atoms with Gasteiger partial charge in [-0.25, -0.2) is 4.39 Å². The van der Waals surface area contributed by atoms with Gasteiger partial charge in [-0.2, -0.15) is 0 Å². The minimum Gasteiger partial charge on any atom is -0.388 e. The molecule has 0 saturated carbocycles.